The van der Waals surface area contributed by atoms with Crippen molar-refractivity contribution in [1.29, 1.82) is 0 Å². The van der Waals surface area contributed by atoms with Crippen LogP contribution in [0.4, 0.5) is 0 Å². The smallest absolute Gasteiger partial charge is 0.307 e. The van der Waals surface area contributed by atoms with Gasteiger partial charge in [-0.15, -0.1) is 0 Å². The minimum atomic E-state index is -0.629. The molecule has 3 nitrogen and oxygen atoms in total. The van der Waals surface area contributed by atoms with Crippen LogP contribution in [-0.4, -0.2) is 35.6 Å². The molecule has 0 saturated carbocycles. The summed E-state index contributed by atoms with van der Waals surface area (Å²) in [6.45, 7) is 4.88. The van der Waals surface area contributed by atoms with Gasteiger partial charge < -0.3 is 10.0 Å². The average Bonchev–Trinajstić information content (AvgIpc) is 2.28. The molecule has 12 heavy (non-hydrogen) atoms. The summed E-state index contributed by atoms with van der Waals surface area (Å²) in [7, 11) is 0. The topological polar surface area (TPSA) is 40.5 Å². The van der Waals surface area contributed by atoms with Gasteiger partial charge in [-0.1, -0.05) is 13.3 Å². The molecule has 1 atom stereocenters. The SMILES string of the molecule is CCN1CCCCC(C(=O)O)C1. The predicted octanol–water partition coefficient (Wildman–Crippen LogP) is 1.19. The molecule has 3 heteroatoms. The monoisotopic (exact) mass is 171 g/mol. The van der Waals surface area contributed by atoms with Gasteiger partial charge in [0.1, 0.15) is 0 Å². The summed E-state index contributed by atoms with van der Waals surface area (Å²) in [5, 5.41) is 8.85. The molecule has 0 bridgehead atoms. The van der Waals surface area contributed by atoms with Crippen LogP contribution >= 0.6 is 0 Å². The van der Waals surface area contributed by atoms with Crippen molar-refractivity contribution in [2.24, 2.45) is 5.92 Å². The third kappa shape index (κ3) is 2.48. The molecular formula is C9H17NO2. The van der Waals surface area contributed by atoms with Crippen molar-refractivity contribution in [3.05, 3.63) is 0 Å². The number of hydrogen-bond donors (Lipinski definition) is 1. The third-order valence-electron chi connectivity index (χ3n) is 2.55. The lowest BCUT2D eigenvalue weighted by atomic mass is 10.0. The maximum atomic E-state index is 10.7. The van der Waals surface area contributed by atoms with Gasteiger partial charge in [0, 0.05) is 6.54 Å². The molecule has 0 amide bonds. The highest BCUT2D eigenvalue weighted by Gasteiger charge is 2.22. The third-order valence-corrected chi connectivity index (χ3v) is 2.55. The number of likely N-dealkylation sites (tertiary alicyclic amines) is 1. The maximum absolute atomic E-state index is 10.7. The maximum Gasteiger partial charge on any atom is 0.307 e. The number of carbonyl (C=O) groups is 1. The lowest BCUT2D eigenvalue weighted by Crippen LogP contribution is -2.31. The Kier molecular flexibility index (Phi) is 3.53. The van der Waals surface area contributed by atoms with Crippen LogP contribution < -0.4 is 0 Å². The second kappa shape index (κ2) is 4.45. The lowest BCUT2D eigenvalue weighted by Gasteiger charge is -2.19. The first-order valence-corrected chi connectivity index (χ1v) is 4.69. The largest absolute Gasteiger partial charge is 0.481 e. The van der Waals surface area contributed by atoms with E-state index in [9.17, 15) is 4.79 Å². The molecule has 0 aliphatic carbocycles. The van der Waals surface area contributed by atoms with Crippen LogP contribution in [-0.2, 0) is 4.79 Å². The van der Waals surface area contributed by atoms with Crippen LogP contribution in [0.2, 0.25) is 0 Å². The zero-order chi connectivity index (χ0) is 8.97. The molecule has 1 unspecified atom stereocenters. The Hall–Kier alpha value is -0.570. The Morgan fingerprint density at radius 2 is 2.33 bits per heavy atom. The van der Waals surface area contributed by atoms with E-state index in [0.717, 1.165) is 38.9 Å². The van der Waals surface area contributed by atoms with Crippen LogP contribution in [0.15, 0.2) is 0 Å². The summed E-state index contributed by atoms with van der Waals surface area (Å²) in [6, 6.07) is 0. The van der Waals surface area contributed by atoms with Crippen LogP contribution in [0.1, 0.15) is 26.2 Å². The Bertz CT molecular complexity index is 159. The molecule has 1 rings (SSSR count). The quantitative estimate of drug-likeness (QED) is 0.678. The van der Waals surface area contributed by atoms with E-state index >= 15 is 0 Å². The fourth-order valence-corrected chi connectivity index (χ4v) is 1.71. The highest BCUT2D eigenvalue weighted by molar-refractivity contribution is 5.70. The van der Waals surface area contributed by atoms with Gasteiger partial charge in [-0.05, 0) is 25.9 Å². The fraction of sp³-hybridized carbons (Fsp3) is 0.889. The van der Waals surface area contributed by atoms with Gasteiger partial charge in [0.25, 0.3) is 0 Å². The molecule has 0 radical (unpaired) electrons. The summed E-state index contributed by atoms with van der Waals surface area (Å²) in [5.74, 6) is -0.761. The van der Waals surface area contributed by atoms with E-state index in [4.69, 9.17) is 5.11 Å². The number of carboxylic acids is 1. The molecule has 0 aromatic heterocycles. The Morgan fingerprint density at radius 1 is 1.58 bits per heavy atom. The van der Waals surface area contributed by atoms with Gasteiger partial charge >= 0.3 is 5.97 Å². The predicted molar refractivity (Wildman–Crippen MR) is 47.1 cm³/mol. The Balaban J connectivity index is 2.47. The second-order valence-electron chi connectivity index (χ2n) is 3.42. The van der Waals surface area contributed by atoms with Gasteiger partial charge in [-0.2, -0.15) is 0 Å². The van der Waals surface area contributed by atoms with Crippen LogP contribution in [0, 0.1) is 5.92 Å². The number of hydrogen-bond acceptors (Lipinski definition) is 2. The average molecular weight is 171 g/mol. The number of nitrogens with zero attached hydrogens (tertiary/aromatic N) is 1. The van der Waals surface area contributed by atoms with E-state index in [1.165, 1.54) is 0 Å². The van der Waals surface area contributed by atoms with E-state index < -0.39 is 5.97 Å². The van der Waals surface area contributed by atoms with Crippen LogP contribution in [0.25, 0.3) is 0 Å². The zero-order valence-corrected chi connectivity index (χ0v) is 7.62. The minimum Gasteiger partial charge on any atom is -0.481 e. The molecule has 1 N–H and O–H groups in total. The molecule has 0 aromatic carbocycles. The number of carboxylic acid groups (broad SMARTS) is 1. The second-order valence-corrected chi connectivity index (χ2v) is 3.42. The van der Waals surface area contributed by atoms with Gasteiger partial charge in [0.05, 0.1) is 5.92 Å². The molecule has 0 spiro atoms. The molecule has 1 aliphatic rings. The van der Waals surface area contributed by atoms with Crippen molar-refractivity contribution in [1.82, 2.24) is 4.90 Å². The Labute approximate surface area is 73.4 Å². The van der Waals surface area contributed by atoms with Crippen LogP contribution in [0.3, 0.4) is 0 Å². The first-order valence-electron chi connectivity index (χ1n) is 4.69. The van der Waals surface area contributed by atoms with E-state index in [1.54, 1.807) is 0 Å². The van der Waals surface area contributed by atoms with E-state index in [2.05, 4.69) is 11.8 Å². The molecule has 1 aliphatic heterocycles. The molecule has 0 aromatic rings. The molecule has 1 heterocycles. The van der Waals surface area contributed by atoms with Gasteiger partial charge in [-0.25, -0.2) is 0 Å². The minimum absolute atomic E-state index is 0.132. The van der Waals surface area contributed by atoms with Crippen LogP contribution in [0.5, 0.6) is 0 Å². The molecule has 1 saturated heterocycles. The Morgan fingerprint density at radius 3 is 2.92 bits per heavy atom. The first kappa shape index (κ1) is 9.52. The van der Waals surface area contributed by atoms with E-state index in [1.807, 2.05) is 0 Å². The summed E-state index contributed by atoms with van der Waals surface area (Å²) >= 11 is 0. The number of rotatable bonds is 2. The van der Waals surface area contributed by atoms with Crippen molar-refractivity contribution in [3.8, 4) is 0 Å². The molecular weight excluding hydrogens is 154 g/mol. The molecule has 1 fully saturated rings. The van der Waals surface area contributed by atoms with Gasteiger partial charge in [0.2, 0.25) is 0 Å². The summed E-state index contributed by atoms with van der Waals surface area (Å²) in [5.41, 5.74) is 0. The normalized spacial score (nSPS) is 26.6. The first-order chi connectivity index (χ1) is 5.74. The fourth-order valence-electron chi connectivity index (χ4n) is 1.71. The summed E-state index contributed by atoms with van der Waals surface area (Å²) in [6.07, 6.45) is 3.07. The van der Waals surface area contributed by atoms with Crippen molar-refractivity contribution < 1.29 is 9.90 Å². The highest BCUT2D eigenvalue weighted by atomic mass is 16.4. The van der Waals surface area contributed by atoms with Crippen molar-refractivity contribution in [2.45, 2.75) is 26.2 Å². The van der Waals surface area contributed by atoms with Gasteiger partial charge in [0.15, 0.2) is 0 Å². The highest BCUT2D eigenvalue weighted by Crippen LogP contribution is 2.15. The standard InChI is InChI=1S/C9H17NO2/c1-2-10-6-4-3-5-8(7-10)9(11)12/h8H,2-7H2,1H3,(H,11,12). The number of aliphatic carboxylic acids is 1. The van der Waals surface area contributed by atoms with Gasteiger partial charge in [-0.3, -0.25) is 4.79 Å². The lowest BCUT2D eigenvalue weighted by molar-refractivity contribution is -0.142. The van der Waals surface area contributed by atoms with Crippen molar-refractivity contribution in [3.63, 3.8) is 0 Å². The van der Waals surface area contributed by atoms with E-state index in [-0.39, 0.29) is 5.92 Å². The summed E-state index contributed by atoms with van der Waals surface area (Å²) in [4.78, 5) is 13.0. The molecule has 70 valence electrons. The summed E-state index contributed by atoms with van der Waals surface area (Å²) < 4.78 is 0. The van der Waals surface area contributed by atoms with Crippen molar-refractivity contribution in [2.75, 3.05) is 19.6 Å². The zero-order valence-electron chi connectivity index (χ0n) is 7.62. The van der Waals surface area contributed by atoms with E-state index in [0.29, 0.717) is 0 Å². The van der Waals surface area contributed by atoms with Crippen molar-refractivity contribution >= 4 is 5.97 Å².